The third kappa shape index (κ3) is 2.41. The zero-order chi connectivity index (χ0) is 13.2. The number of rotatable bonds is 4. The molecule has 1 aromatic carbocycles. The minimum Gasteiger partial charge on any atom is -0.330 e. The SMILES string of the molecule is Cc1ccccc1Sc1nc2sccn2c1CCN. The molecule has 0 bridgehead atoms. The summed E-state index contributed by atoms with van der Waals surface area (Å²) >= 11 is 3.39. The van der Waals surface area contributed by atoms with Crippen molar-refractivity contribution in [3.8, 4) is 0 Å². The van der Waals surface area contributed by atoms with Crippen molar-refractivity contribution in [2.24, 2.45) is 5.73 Å². The topological polar surface area (TPSA) is 43.3 Å². The van der Waals surface area contributed by atoms with Crippen LogP contribution in [0.25, 0.3) is 4.96 Å². The van der Waals surface area contributed by atoms with Gasteiger partial charge in [0.05, 0.1) is 5.69 Å². The largest absolute Gasteiger partial charge is 0.330 e. The van der Waals surface area contributed by atoms with Crippen molar-refractivity contribution in [1.29, 1.82) is 0 Å². The van der Waals surface area contributed by atoms with Crippen molar-refractivity contribution < 1.29 is 0 Å². The summed E-state index contributed by atoms with van der Waals surface area (Å²) in [6.45, 7) is 2.77. The van der Waals surface area contributed by atoms with Gasteiger partial charge < -0.3 is 5.73 Å². The molecule has 3 rings (SSSR count). The average molecular weight is 289 g/mol. The molecule has 0 fully saturated rings. The van der Waals surface area contributed by atoms with Gasteiger partial charge in [-0.2, -0.15) is 0 Å². The van der Waals surface area contributed by atoms with E-state index in [0.717, 1.165) is 16.4 Å². The summed E-state index contributed by atoms with van der Waals surface area (Å²) in [5, 5.41) is 3.14. The fourth-order valence-corrected chi connectivity index (χ4v) is 3.86. The maximum absolute atomic E-state index is 5.72. The Morgan fingerprint density at radius 3 is 3.00 bits per heavy atom. The number of nitrogens with two attached hydrogens (primary N) is 1. The van der Waals surface area contributed by atoms with Crippen molar-refractivity contribution >= 4 is 28.1 Å². The summed E-state index contributed by atoms with van der Waals surface area (Å²) in [5.41, 5.74) is 8.22. The quantitative estimate of drug-likeness (QED) is 0.801. The van der Waals surface area contributed by atoms with Crippen LogP contribution in [0.2, 0.25) is 0 Å². The highest BCUT2D eigenvalue weighted by Crippen LogP contribution is 2.33. The molecular formula is C14H15N3S2. The highest BCUT2D eigenvalue weighted by molar-refractivity contribution is 7.99. The van der Waals surface area contributed by atoms with Crippen LogP contribution in [0.5, 0.6) is 0 Å². The van der Waals surface area contributed by atoms with E-state index in [0.29, 0.717) is 6.54 Å². The Bertz CT molecular complexity index is 700. The van der Waals surface area contributed by atoms with Crippen LogP contribution in [-0.4, -0.2) is 15.9 Å². The molecule has 0 atom stereocenters. The maximum Gasteiger partial charge on any atom is 0.194 e. The lowest BCUT2D eigenvalue weighted by Crippen LogP contribution is -2.05. The lowest BCUT2D eigenvalue weighted by Gasteiger charge is -2.05. The second kappa shape index (κ2) is 5.36. The Balaban J connectivity index is 2.02. The van der Waals surface area contributed by atoms with Gasteiger partial charge in [0.2, 0.25) is 0 Å². The molecule has 3 nitrogen and oxygen atoms in total. The summed E-state index contributed by atoms with van der Waals surface area (Å²) in [4.78, 5) is 7.01. The number of thiazole rings is 1. The van der Waals surface area contributed by atoms with Crippen LogP contribution in [0.3, 0.4) is 0 Å². The van der Waals surface area contributed by atoms with E-state index in [4.69, 9.17) is 10.7 Å². The van der Waals surface area contributed by atoms with Gasteiger partial charge in [-0.15, -0.1) is 11.3 Å². The van der Waals surface area contributed by atoms with Gasteiger partial charge in [-0.1, -0.05) is 30.0 Å². The summed E-state index contributed by atoms with van der Waals surface area (Å²) < 4.78 is 2.15. The maximum atomic E-state index is 5.72. The molecule has 0 amide bonds. The Morgan fingerprint density at radius 2 is 2.21 bits per heavy atom. The Morgan fingerprint density at radius 1 is 1.37 bits per heavy atom. The Labute approximate surface area is 120 Å². The van der Waals surface area contributed by atoms with Crippen LogP contribution < -0.4 is 5.73 Å². The first-order chi connectivity index (χ1) is 9.29. The molecule has 0 radical (unpaired) electrons. The van der Waals surface area contributed by atoms with E-state index in [-0.39, 0.29) is 0 Å². The molecule has 5 heteroatoms. The number of fused-ring (bicyclic) bond motifs is 1. The van der Waals surface area contributed by atoms with Crippen molar-refractivity contribution in [3.05, 3.63) is 47.1 Å². The zero-order valence-corrected chi connectivity index (χ0v) is 12.3. The second-order valence-electron chi connectivity index (χ2n) is 4.33. The highest BCUT2D eigenvalue weighted by Gasteiger charge is 2.14. The van der Waals surface area contributed by atoms with Gasteiger partial charge in [0, 0.05) is 22.9 Å². The monoisotopic (exact) mass is 289 g/mol. The first-order valence-corrected chi connectivity index (χ1v) is 7.87. The number of benzene rings is 1. The van der Waals surface area contributed by atoms with Gasteiger partial charge in [-0.25, -0.2) is 4.98 Å². The summed E-state index contributed by atoms with van der Waals surface area (Å²) in [6.07, 6.45) is 2.92. The van der Waals surface area contributed by atoms with E-state index >= 15 is 0 Å². The van der Waals surface area contributed by atoms with Crippen LogP contribution >= 0.6 is 23.1 Å². The Kier molecular flexibility index (Phi) is 3.59. The fourth-order valence-electron chi connectivity index (χ4n) is 2.03. The minimum absolute atomic E-state index is 0.644. The molecule has 0 saturated carbocycles. The number of aryl methyl sites for hydroxylation is 1. The van der Waals surface area contributed by atoms with Crippen LogP contribution in [0.4, 0.5) is 0 Å². The highest BCUT2D eigenvalue weighted by atomic mass is 32.2. The molecule has 3 aromatic rings. The van der Waals surface area contributed by atoms with Gasteiger partial charge in [-0.3, -0.25) is 4.40 Å². The molecule has 98 valence electrons. The minimum atomic E-state index is 0.644. The van der Waals surface area contributed by atoms with Gasteiger partial charge >= 0.3 is 0 Å². The number of imidazole rings is 1. The number of hydrogen-bond acceptors (Lipinski definition) is 4. The smallest absolute Gasteiger partial charge is 0.194 e. The normalized spacial score (nSPS) is 11.3. The van der Waals surface area contributed by atoms with Gasteiger partial charge in [-0.05, 0) is 25.1 Å². The van der Waals surface area contributed by atoms with E-state index in [1.165, 1.54) is 16.2 Å². The van der Waals surface area contributed by atoms with Crippen molar-refractivity contribution in [1.82, 2.24) is 9.38 Å². The van der Waals surface area contributed by atoms with Crippen LogP contribution in [-0.2, 0) is 6.42 Å². The molecule has 0 saturated heterocycles. The number of hydrogen-bond donors (Lipinski definition) is 1. The molecule has 0 aliphatic rings. The van der Waals surface area contributed by atoms with Gasteiger partial charge in [0.25, 0.3) is 0 Å². The van der Waals surface area contributed by atoms with E-state index in [2.05, 4.69) is 47.2 Å². The van der Waals surface area contributed by atoms with Gasteiger partial charge in [0.15, 0.2) is 4.96 Å². The number of aromatic nitrogens is 2. The van der Waals surface area contributed by atoms with E-state index < -0.39 is 0 Å². The van der Waals surface area contributed by atoms with Crippen LogP contribution in [0, 0.1) is 6.92 Å². The molecule has 2 N–H and O–H groups in total. The summed E-state index contributed by atoms with van der Waals surface area (Å²) in [5.74, 6) is 0. The van der Waals surface area contributed by atoms with Crippen LogP contribution in [0.15, 0.2) is 45.8 Å². The first-order valence-electron chi connectivity index (χ1n) is 6.17. The second-order valence-corrected chi connectivity index (χ2v) is 6.23. The lowest BCUT2D eigenvalue weighted by molar-refractivity contribution is 0.878. The predicted molar refractivity (Wildman–Crippen MR) is 81.1 cm³/mol. The first kappa shape index (κ1) is 12.7. The van der Waals surface area contributed by atoms with Crippen molar-refractivity contribution in [2.75, 3.05) is 6.54 Å². The third-order valence-electron chi connectivity index (χ3n) is 3.01. The predicted octanol–water partition coefficient (Wildman–Crippen LogP) is 3.36. The molecule has 0 spiro atoms. The van der Waals surface area contributed by atoms with E-state index in [1.54, 1.807) is 23.1 Å². The van der Waals surface area contributed by atoms with Gasteiger partial charge in [0.1, 0.15) is 5.03 Å². The Hall–Kier alpha value is -1.30. The lowest BCUT2D eigenvalue weighted by atomic mass is 10.2. The molecule has 0 aliphatic heterocycles. The van der Waals surface area contributed by atoms with E-state index in [9.17, 15) is 0 Å². The molecule has 2 aromatic heterocycles. The average Bonchev–Trinajstić information content (AvgIpc) is 2.96. The molecule has 0 unspecified atom stereocenters. The third-order valence-corrected chi connectivity index (χ3v) is 4.96. The fraction of sp³-hybridized carbons (Fsp3) is 0.214. The molecule has 2 heterocycles. The van der Waals surface area contributed by atoms with Crippen LogP contribution in [0.1, 0.15) is 11.3 Å². The molecular weight excluding hydrogens is 274 g/mol. The standard InChI is InChI=1S/C14H15N3S2/c1-10-4-2-3-5-12(10)19-13-11(6-7-15)17-8-9-18-14(17)16-13/h2-5,8-9H,6-7,15H2,1H3. The van der Waals surface area contributed by atoms with Crippen molar-refractivity contribution in [2.45, 2.75) is 23.3 Å². The molecule has 0 aliphatic carbocycles. The van der Waals surface area contributed by atoms with Crippen molar-refractivity contribution in [3.63, 3.8) is 0 Å². The zero-order valence-electron chi connectivity index (χ0n) is 10.7. The van der Waals surface area contributed by atoms with E-state index in [1.807, 2.05) is 0 Å². The molecule has 19 heavy (non-hydrogen) atoms. The number of nitrogens with zero attached hydrogens (tertiary/aromatic N) is 2. The summed E-state index contributed by atoms with van der Waals surface area (Å²) in [7, 11) is 0. The summed E-state index contributed by atoms with van der Waals surface area (Å²) in [6, 6.07) is 8.39.